The van der Waals surface area contributed by atoms with Gasteiger partial charge in [0.25, 0.3) is 17.1 Å². The van der Waals surface area contributed by atoms with Gasteiger partial charge in [-0.3, -0.25) is 34.9 Å². The number of carbonyl (C=O) groups is 4. The van der Waals surface area contributed by atoms with E-state index >= 15 is 0 Å². The maximum Gasteiger partial charge on any atom is 0.293 e. The van der Waals surface area contributed by atoms with Crippen LogP contribution < -0.4 is 10.9 Å². The molecule has 1 aliphatic rings. The van der Waals surface area contributed by atoms with E-state index in [1.165, 1.54) is 12.1 Å². The number of imide groups is 1. The van der Waals surface area contributed by atoms with E-state index in [1.54, 1.807) is 18.2 Å². The van der Waals surface area contributed by atoms with Crippen LogP contribution in [0.5, 0.6) is 5.75 Å². The number of hydrogen-bond donors (Lipinski definition) is 3. The normalized spacial score (nSPS) is 14.8. The van der Waals surface area contributed by atoms with Crippen molar-refractivity contribution >= 4 is 40.8 Å². The van der Waals surface area contributed by atoms with Crippen LogP contribution in [0.2, 0.25) is 0 Å². The number of aromatic hydroxyl groups is 1. The first kappa shape index (κ1) is 21.1. The molecule has 2 aromatic rings. The summed E-state index contributed by atoms with van der Waals surface area (Å²) in [6.45, 7) is 0.0949. The zero-order chi connectivity index (χ0) is 21.5. The maximum absolute atomic E-state index is 12.4. The van der Waals surface area contributed by atoms with Gasteiger partial charge in [0, 0.05) is 13.0 Å². The summed E-state index contributed by atoms with van der Waals surface area (Å²) < 4.78 is 0. The van der Waals surface area contributed by atoms with Gasteiger partial charge in [0.1, 0.15) is 5.75 Å². The number of para-hydroxylation sites is 1. The van der Waals surface area contributed by atoms with Crippen LogP contribution in [0.3, 0.4) is 0 Å². The van der Waals surface area contributed by atoms with E-state index in [0.29, 0.717) is 4.91 Å². The number of rotatable bonds is 6. The van der Waals surface area contributed by atoms with E-state index in [2.05, 4.69) is 10.9 Å². The summed E-state index contributed by atoms with van der Waals surface area (Å²) in [5.74, 6) is -1.72. The summed E-state index contributed by atoms with van der Waals surface area (Å²) in [6.07, 6.45) is 1.90. The highest BCUT2D eigenvalue weighted by Gasteiger charge is 2.34. The van der Waals surface area contributed by atoms with Gasteiger partial charge in [0.2, 0.25) is 5.91 Å². The second kappa shape index (κ2) is 9.75. The average Bonchev–Trinajstić information content (AvgIpc) is 3.00. The summed E-state index contributed by atoms with van der Waals surface area (Å²) >= 11 is 0.866. The Bertz CT molecular complexity index is 1010. The predicted molar refractivity (Wildman–Crippen MR) is 112 cm³/mol. The molecule has 1 aliphatic heterocycles. The third kappa shape index (κ3) is 5.26. The smallest absolute Gasteiger partial charge is 0.293 e. The van der Waals surface area contributed by atoms with E-state index in [0.717, 1.165) is 22.2 Å². The Kier molecular flexibility index (Phi) is 6.87. The van der Waals surface area contributed by atoms with Gasteiger partial charge in [-0.2, -0.15) is 0 Å². The molecule has 1 heterocycles. The molecular weight excluding hydrogens is 406 g/mol. The first-order valence-electron chi connectivity index (χ1n) is 9.13. The Morgan fingerprint density at radius 2 is 1.70 bits per heavy atom. The van der Waals surface area contributed by atoms with E-state index in [9.17, 15) is 24.3 Å². The third-order valence-electron chi connectivity index (χ3n) is 4.22. The maximum atomic E-state index is 12.4. The predicted octanol–water partition coefficient (Wildman–Crippen LogP) is 2.67. The molecule has 0 bridgehead atoms. The number of nitrogens with one attached hydrogen (secondary N) is 2. The highest BCUT2D eigenvalue weighted by molar-refractivity contribution is 8.18. The van der Waals surface area contributed by atoms with Crippen LogP contribution in [0.1, 0.15) is 28.8 Å². The van der Waals surface area contributed by atoms with Crippen molar-refractivity contribution in [3.8, 4) is 5.75 Å². The highest BCUT2D eigenvalue weighted by Crippen LogP contribution is 2.32. The lowest BCUT2D eigenvalue weighted by atomic mass is 10.2. The van der Waals surface area contributed by atoms with Gasteiger partial charge in [-0.15, -0.1) is 0 Å². The van der Waals surface area contributed by atoms with Crippen molar-refractivity contribution in [1.29, 1.82) is 0 Å². The molecule has 2 aromatic carbocycles. The molecule has 8 nitrogen and oxygen atoms in total. The molecule has 0 aliphatic carbocycles. The number of thioether (sulfide) groups is 1. The van der Waals surface area contributed by atoms with Gasteiger partial charge in [0.15, 0.2) is 0 Å². The first-order chi connectivity index (χ1) is 14.5. The van der Waals surface area contributed by atoms with E-state index in [1.807, 2.05) is 30.3 Å². The zero-order valence-corrected chi connectivity index (χ0v) is 16.6. The fourth-order valence-corrected chi connectivity index (χ4v) is 3.58. The lowest BCUT2D eigenvalue weighted by molar-refractivity contribution is -0.124. The summed E-state index contributed by atoms with van der Waals surface area (Å²) in [6, 6.07) is 15.1. The van der Waals surface area contributed by atoms with Crippen LogP contribution in [0.4, 0.5) is 4.79 Å². The highest BCUT2D eigenvalue weighted by atomic mass is 32.2. The molecule has 4 amide bonds. The number of hydrazine groups is 1. The Morgan fingerprint density at radius 3 is 2.43 bits per heavy atom. The third-order valence-corrected chi connectivity index (χ3v) is 5.13. The van der Waals surface area contributed by atoms with Crippen molar-refractivity contribution in [2.75, 3.05) is 6.54 Å². The minimum absolute atomic E-state index is 0.000507. The van der Waals surface area contributed by atoms with E-state index in [4.69, 9.17) is 0 Å². The molecule has 154 valence electrons. The number of nitrogens with zero attached hydrogens (tertiary/aromatic N) is 1. The van der Waals surface area contributed by atoms with Gasteiger partial charge in [-0.25, -0.2) is 0 Å². The summed E-state index contributed by atoms with van der Waals surface area (Å²) in [4.78, 5) is 49.8. The molecule has 0 radical (unpaired) electrons. The van der Waals surface area contributed by atoms with Crippen molar-refractivity contribution in [3.63, 3.8) is 0 Å². The van der Waals surface area contributed by atoms with Gasteiger partial charge in [0.05, 0.1) is 10.5 Å². The standard InChI is InChI=1S/C21H19N3O5S/c25-16-10-5-4-9-15(16)19(27)23-22-18(26)11-6-12-24-20(28)17(30-21(24)29)13-14-7-2-1-3-8-14/h1-5,7-10,13,25H,6,11-12H2,(H,22,26)(H,23,27). The molecule has 0 unspecified atom stereocenters. The number of phenols is 1. The second-order valence-corrected chi connectivity index (χ2v) is 7.36. The fourth-order valence-electron chi connectivity index (χ4n) is 2.71. The zero-order valence-electron chi connectivity index (χ0n) is 15.8. The van der Waals surface area contributed by atoms with E-state index < -0.39 is 11.8 Å². The Labute approximate surface area is 176 Å². The Morgan fingerprint density at radius 1 is 1.00 bits per heavy atom. The molecule has 9 heteroatoms. The average molecular weight is 425 g/mol. The molecule has 1 fully saturated rings. The molecule has 0 spiro atoms. The lowest BCUT2D eigenvalue weighted by Crippen LogP contribution is -2.42. The first-order valence-corrected chi connectivity index (χ1v) is 9.95. The lowest BCUT2D eigenvalue weighted by Gasteiger charge is -2.12. The van der Waals surface area contributed by atoms with Crippen molar-refractivity contribution < 1.29 is 24.3 Å². The van der Waals surface area contributed by atoms with Crippen molar-refractivity contribution in [1.82, 2.24) is 15.8 Å². The largest absolute Gasteiger partial charge is 0.507 e. The van der Waals surface area contributed by atoms with Crippen molar-refractivity contribution in [2.24, 2.45) is 0 Å². The second-order valence-electron chi connectivity index (χ2n) is 6.37. The van der Waals surface area contributed by atoms with Crippen LogP contribution in [-0.2, 0) is 9.59 Å². The van der Waals surface area contributed by atoms with Gasteiger partial charge >= 0.3 is 0 Å². The molecule has 3 rings (SSSR count). The molecular formula is C21H19N3O5S. The van der Waals surface area contributed by atoms with Crippen molar-refractivity contribution in [2.45, 2.75) is 12.8 Å². The molecule has 0 atom stereocenters. The minimum Gasteiger partial charge on any atom is -0.507 e. The minimum atomic E-state index is -0.654. The Balaban J connectivity index is 1.45. The van der Waals surface area contributed by atoms with Crippen molar-refractivity contribution in [3.05, 3.63) is 70.6 Å². The summed E-state index contributed by atoms with van der Waals surface area (Å²) in [5.41, 5.74) is 5.30. The topological polar surface area (TPSA) is 116 Å². The number of hydrogen-bond acceptors (Lipinski definition) is 6. The molecule has 0 saturated carbocycles. The van der Waals surface area contributed by atoms with Crippen LogP contribution in [-0.4, -0.2) is 39.5 Å². The number of amides is 4. The molecule has 3 N–H and O–H groups in total. The van der Waals surface area contributed by atoms with Crippen LogP contribution in [0.25, 0.3) is 6.08 Å². The van der Waals surface area contributed by atoms with Crippen LogP contribution in [0, 0.1) is 0 Å². The SMILES string of the molecule is O=C(CCCN1C(=O)SC(=Cc2ccccc2)C1=O)NNC(=O)c1ccccc1O. The van der Waals surface area contributed by atoms with Gasteiger partial charge < -0.3 is 5.11 Å². The van der Waals surface area contributed by atoms with Crippen LogP contribution >= 0.6 is 11.8 Å². The fraction of sp³-hybridized carbons (Fsp3) is 0.143. The number of carbonyl (C=O) groups excluding carboxylic acids is 4. The van der Waals surface area contributed by atoms with Crippen LogP contribution in [0.15, 0.2) is 59.5 Å². The molecule has 1 saturated heterocycles. The monoisotopic (exact) mass is 425 g/mol. The Hall–Kier alpha value is -3.59. The van der Waals surface area contributed by atoms with Gasteiger partial charge in [-0.1, -0.05) is 42.5 Å². The number of benzene rings is 2. The van der Waals surface area contributed by atoms with Gasteiger partial charge in [-0.05, 0) is 42.0 Å². The quantitative estimate of drug-likeness (QED) is 0.484. The number of phenolic OH excluding ortho intramolecular Hbond substituents is 1. The molecule has 0 aromatic heterocycles. The van der Waals surface area contributed by atoms with E-state index in [-0.39, 0.29) is 41.8 Å². The molecule has 30 heavy (non-hydrogen) atoms. The summed E-state index contributed by atoms with van der Waals surface area (Å²) in [5, 5.41) is 9.24. The summed E-state index contributed by atoms with van der Waals surface area (Å²) in [7, 11) is 0.